The van der Waals surface area contributed by atoms with E-state index in [-0.39, 0.29) is 6.04 Å². The third-order valence-electron chi connectivity index (χ3n) is 2.90. The zero-order valence-corrected chi connectivity index (χ0v) is 10.1. The second-order valence-corrected chi connectivity index (χ2v) is 4.23. The van der Waals surface area contributed by atoms with Crippen molar-refractivity contribution in [1.29, 1.82) is 0 Å². The molecule has 0 spiro atoms. The van der Waals surface area contributed by atoms with Crippen LogP contribution in [0.2, 0.25) is 0 Å². The average molecular weight is 226 g/mol. The minimum absolute atomic E-state index is 0.0430. The molecular formula is C15H18N2. The van der Waals surface area contributed by atoms with Gasteiger partial charge in [-0.05, 0) is 17.7 Å². The predicted octanol–water partition coefficient (Wildman–Crippen LogP) is 2.82. The van der Waals surface area contributed by atoms with E-state index in [9.17, 15) is 0 Å². The normalized spacial score (nSPS) is 12.1. The highest BCUT2D eigenvalue weighted by Crippen LogP contribution is 2.16. The molecule has 0 radical (unpaired) electrons. The highest BCUT2D eigenvalue weighted by Gasteiger charge is 2.08. The summed E-state index contributed by atoms with van der Waals surface area (Å²) in [4.78, 5) is 2.18. The van der Waals surface area contributed by atoms with Gasteiger partial charge in [0.25, 0.3) is 0 Å². The van der Waals surface area contributed by atoms with Gasteiger partial charge in [-0.15, -0.1) is 0 Å². The molecule has 0 aliphatic heterocycles. The third kappa shape index (κ3) is 3.08. The van der Waals surface area contributed by atoms with Crippen LogP contribution in [0.4, 0.5) is 5.69 Å². The van der Waals surface area contributed by atoms with Gasteiger partial charge >= 0.3 is 0 Å². The summed E-state index contributed by atoms with van der Waals surface area (Å²) in [5, 5.41) is 0. The summed E-state index contributed by atoms with van der Waals surface area (Å²) in [5.41, 5.74) is 8.56. The average Bonchev–Trinajstić information content (AvgIpc) is 2.40. The highest BCUT2D eigenvalue weighted by molar-refractivity contribution is 5.45. The van der Waals surface area contributed by atoms with E-state index in [1.165, 1.54) is 11.3 Å². The molecular weight excluding hydrogens is 208 g/mol. The molecule has 0 aromatic heterocycles. The Kier molecular flexibility index (Phi) is 3.78. The Balaban J connectivity index is 2.02. The quantitative estimate of drug-likeness (QED) is 0.868. The van der Waals surface area contributed by atoms with Crippen molar-refractivity contribution in [2.24, 2.45) is 5.73 Å². The van der Waals surface area contributed by atoms with E-state index < -0.39 is 0 Å². The van der Waals surface area contributed by atoms with Crippen LogP contribution in [0.25, 0.3) is 0 Å². The zero-order chi connectivity index (χ0) is 12.1. The van der Waals surface area contributed by atoms with Crippen LogP contribution in [0, 0.1) is 0 Å². The lowest BCUT2D eigenvalue weighted by atomic mass is 10.1. The largest absolute Gasteiger partial charge is 0.373 e. The highest BCUT2D eigenvalue weighted by atomic mass is 15.1. The summed E-state index contributed by atoms with van der Waals surface area (Å²) in [6.07, 6.45) is 0. The number of benzene rings is 2. The molecule has 0 heterocycles. The van der Waals surface area contributed by atoms with Crippen LogP contribution >= 0.6 is 0 Å². The maximum absolute atomic E-state index is 6.19. The summed E-state index contributed by atoms with van der Waals surface area (Å²) in [7, 11) is 2.07. The topological polar surface area (TPSA) is 29.3 Å². The number of hydrogen-bond acceptors (Lipinski definition) is 2. The van der Waals surface area contributed by atoms with E-state index in [0.29, 0.717) is 0 Å². The first-order valence-electron chi connectivity index (χ1n) is 5.84. The maximum atomic E-state index is 6.19. The molecule has 0 aliphatic carbocycles. The number of nitrogens with two attached hydrogens (primary N) is 1. The van der Waals surface area contributed by atoms with Crippen LogP contribution in [0.3, 0.4) is 0 Å². The first-order chi connectivity index (χ1) is 8.27. The molecule has 2 N–H and O–H groups in total. The van der Waals surface area contributed by atoms with Crippen LogP contribution in [-0.4, -0.2) is 13.6 Å². The van der Waals surface area contributed by atoms with Crippen LogP contribution in [0.5, 0.6) is 0 Å². The van der Waals surface area contributed by atoms with Crippen molar-refractivity contribution in [3.05, 3.63) is 66.2 Å². The molecule has 0 saturated carbocycles. The number of anilines is 1. The van der Waals surface area contributed by atoms with E-state index in [1.54, 1.807) is 0 Å². The number of hydrogen-bond donors (Lipinski definition) is 1. The summed E-state index contributed by atoms with van der Waals surface area (Å²) < 4.78 is 0. The first-order valence-corrected chi connectivity index (χ1v) is 5.84. The van der Waals surface area contributed by atoms with Crippen LogP contribution in [0.1, 0.15) is 11.6 Å². The van der Waals surface area contributed by atoms with Gasteiger partial charge in [0, 0.05) is 25.3 Å². The smallest absolute Gasteiger partial charge is 0.0473 e. The lowest BCUT2D eigenvalue weighted by Crippen LogP contribution is -2.28. The Morgan fingerprint density at radius 3 is 2.06 bits per heavy atom. The minimum atomic E-state index is 0.0430. The SMILES string of the molecule is CN(CC(N)c1ccccc1)c1ccccc1. The van der Waals surface area contributed by atoms with E-state index >= 15 is 0 Å². The van der Waals surface area contributed by atoms with Crippen molar-refractivity contribution in [2.75, 3.05) is 18.5 Å². The molecule has 0 aliphatic rings. The molecule has 0 saturated heterocycles. The van der Waals surface area contributed by atoms with E-state index in [1.807, 2.05) is 36.4 Å². The molecule has 0 fully saturated rings. The summed E-state index contributed by atoms with van der Waals surface area (Å²) in [6, 6.07) is 20.5. The Labute approximate surface area is 103 Å². The predicted molar refractivity (Wildman–Crippen MR) is 73.1 cm³/mol. The first kappa shape index (κ1) is 11.7. The number of nitrogens with zero attached hydrogens (tertiary/aromatic N) is 1. The van der Waals surface area contributed by atoms with E-state index in [4.69, 9.17) is 5.73 Å². The van der Waals surface area contributed by atoms with Gasteiger partial charge in [-0.3, -0.25) is 0 Å². The molecule has 2 aromatic carbocycles. The molecule has 2 rings (SSSR count). The zero-order valence-electron chi connectivity index (χ0n) is 10.1. The van der Waals surface area contributed by atoms with E-state index in [2.05, 4.69) is 36.2 Å². The minimum Gasteiger partial charge on any atom is -0.373 e. The van der Waals surface area contributed by atoms with Gasteiger partial charge in [0.1, 0.15) is 0 Å². The molecule has 1 unspecified atom stereocenters. The molecule has 88 valence electrons. The van der Waals surface area contributed by atoms with Gasteiger partial charge in [-0.25, -0.2) is 0 Å². The summed E-state index contributed by atoms with van der Waals surface area (Å²) >= 11 is 0. The summed E-state index contributed by atoms with van der Waals surface area (Å²) in [6.45, 7) is 0.814. The third-order valence-corrected chi connectivity index (χ3v) is 2.90. The Bertz CT molecular complexity index is 395. The van der Waals surface area contributed by atoms with Crippen LogP contribution < -0.4 is 10.6 Å². The van der Waals surface area contributed by atoms with Crippen molar-refractivity contribution in [1.82, 2.24) is 0 Å². The van der Waals surface area contributed by atoms with Crippen LogP contribution in [-0.2, 0) is 0 Å². The van der Waals surface area contributed by atoms with Gasteiger partial charge in [0.15, 0.2) is 0 Å². The fraction of sp³-hybridized carbons (Fsp3) is 0.200. The number of likely N-dealkylation sites (N-methyl/N-ethyl adjacent to an activating group) is 1. The van der Waals surface area contributed by atoms with Crippen LogP contribution in [0.15, 0.2) is 60.7 Å². The Hall–Kier alpha value is -1.80. The lowest BCUT2D eigenvalue weighted by Gasteiger charge is -2.23. The van der Waals surface area contributed by atoms with Gasteiger partial charge in [-0.1, -0.05) is 48.5 Å². The molecule has 17 heavy (non-hydrogen) atoms. The van der Waals surface area contributed by atoms with Gasteiger partial charge in [-0.2, -0.15) is 0 Å². The molecule has 2 heteroatoms. The second-order valence-electron chi connectivity index (χ2n) is 4.23. The van der Waals surface area contributed by atoms with Crippen molar-refractivity contribution in [3.63, 3.8) is 0 Å². The fourth-order valence-electron chi connectivity index (χ4n) is 1.89. The van der Waals surface area contributed by atoms with Crippen molar-refractivity contribution in [3.8, 4) is 0 Å². The molecule has 0 amide bonds. The van der Waals surface area contributed by atoms with Crippen molar-refractivity contribution >= 4 is 5.69 Å². The van der Waals surface area contributed by atoms with Gasteiger partial charge in [0.05, 0.1) is 0 Å². The number of rotatable bonds is 4. The second kappa shape index (κ2) is 5.51. The van der Waals surface area contributed by atoms with E-state index in [0.717, 1.165) is 6.54 Å². The molecule has 2 nitrogen and oxygen atoms in total. The number of para-hydroxylation sites is 1. The molecule has 0 bridgehead atoms. The lowest BCUT2D eigenvalue weighted by molar-refractivity contribution is 0.703. The standard InChI is InChI=1S/C15H18N2/c1-17(14-10-6-3-7-11-14)12-15(16)13-8-4-2-5-9-13/h2-11,15H,12,16H2,1H3. The maximum Gasteiger partial charge on any atom is 0.0473 e. The van der Waals surface area contributed by atoms with Gasteiger partial charge < -0.3 is 10.6 Å². The Morgan fingerprint density at radius 2 is 1.47 bits per heavy atom. The van der Waals surface area contributed by atoms with Gasteiger partial charge in [0.2, 0.25) is 0 Å². The monoisotopic (exact) mass is 226 g/mol. The van der Waals surface area contributed by atoms with Crippen molar-refractivity contribution < 1.29 is 0 Å². The van der Waals surface area contributed by atoms with Crippen molar-refractivity contribution in [2.45, 2.75) is 6.04 Å². The fourth-order valence-corrected chi connectivity index (χ4v) is 1.89. The Morgan fingerprint density at radius 1 is 0.941 bits per heavy atom. The summed E-state index contributed by atoms with van der Waals surface area (Å²) in [5.74, 6) is 0. The molecule has 1 atom stereocenters. The molecule has 2 aromatic rings.